The number of hydrogen-bond donors (Lipinski definition) is 1. The molecule has 0 radical (unpaired) electrons. The SMILES string of the molecule is FC(F)OC[C@@H]1CCCNCC1. The highest BCUT2D eigenvalue weighted by molar-refractivity contribution is 4.65. The molecule has 0 aromatic heterocycles. The van der Waals surface area contributed by atoms with Gasteiger partial charge in [0.15, 0.2) is 0 Å². The minimum absolute atomic E-state index is 0.208. The molecule has 0 aromatic rings. The third-order valence-corrected chi connectivity index (χ3v) is 2.15. The maximum absolute atomic E-state index is 11.7. The van der Waals surface area contributed by atoms with Gasteiger partial charge in [-0.3, -0.25) is 0 Å². The van der Waals surface area contributed by atoms with Gasteiger partial charge < -0.3 is 10.1 Å². The fourth-order valence-electron chi connectivity index (χ4n) is 1.47. The molecular formula is C8H15F2NO. The van der Waals surface area contributed by atoms with Gasteiger partial charge in [0.05, 0.1) is 6.61 Å². The zero-order valence-corrected chi connectivity index (χ0v) is 7.06. The topological polar surface area (TPSA) is 21.3 Å². The Balaban J connectivity index is 2.12. The number of rotatable bonds is 3. The molecule has 1 atom stereocenters. The molecule has 2 nitrogen and oxygen atoms in total. The second-order valence-corrected chi connectivity index (χ2v) is 3.14. The molecule has 0 unspecified atom stereocenters. The molecule has 0 bridgehead atoms. The smallest absolute Gasteiger partial charge is 0.323 e. The van der Waals surface area contributed by atoms with Crippen molar-refractivity contribution in [1.29, 1.82) is 0 Å². The van der Waals surface area contributed by atoms with Gasteiger partial charge in [0.1, 0.15) is 0 Å². The predicted octanol–water partition coefficient (Wildman–Crippen LogP) is 1.62. The first kappa shape index (κ1) is 9.86. The van der Waals surface area contributed by atoms with Crippen molar-refractivity contribution in [3.63, 3.8) is 0 Å². The van der Waals surface area contributed by atoms with Crippen LogP contribution in [-0.4, -0.2) is 26.3 Å². The second kappa shape index (κ2) is 5.43. The molecule has 0 aromatic carbocycles. The Hall–Kier alpha value is -0.220. The van der Waals surface area contributed by atoms with E-state index < -0.39 is 6.61 Å². The fourth-order valence-corrected chi connectivity index (χ4v) is 1.47. The van der Waals surface area contributed by atoms with Gasteiger partial charge in [0, 0.05) is 0 Å². The highest BCUT2D eigenvalue weighted by Crippen LogP contribution is 2.14. The van der Waals surface area contributed by atoms with E-state index in [1.54, 1.807) is 0 Å². The molecule has 0 saturated carbocycles. The van der Waals surface area contributed by atoms with Crippen molar-refractivity contribution >= 4 is 0 Å². The number of alkyl halides is 2. The lowest BCUT2D eigenvalue weighted by Gasteiger charge is -2.12. The Morgan fingerprint density at radius 3 is 2.92 bits per heavy atom. The van der Waals surface area contributed by atoms with Crippen LogP contribution in [0.15, 0.2) is 0 Å². The van der Waals surface area contributed by atoms with Crippen LogP contribution in [0.5, 0.6) is 0 Å². The molecule has 1 saturated heterocycles. The molecular weight excluding hydrogens is 164 g/mol. The van der Waals surface area contributed by atoms with Crippen LogP contribution in [0, 0.1) is 5.92 Å². The summed E-state index contributed by atoms with van der Waals surface area (Å²) in [5, 5.41) is 3.22. The van der Waals surface area contributed by atoms with Crippen molar-refractivity contribution in [2.45, 2.75) is 25.9 Å². The first-order valence-corrected chi connectivity index (χ1v) is 4.39. The van der Waals surface area contributed by atoms with Crippen LogP contribution in [0.4, 0.5) is 8.78 Å². The maximum atomic E-state index is 11.7. The molecule has 0 aliphatic carbocycles. The van der Waals surface area contributed by atoms with E-state index in [9.17, 15) is 8.78 Å². The molecule has 72 valence electrons. The first-order chi connectivity index (χ1) is 5.79. The zero-order valence-electron chi connectivity index (χ0n) is 7.06. The van der Waals surface area contributed by atoms with Gasteiger partial charge in [-0.25, -0.2) is 0 Å². The number of hydrogen-bond acceptors (Lipinski definition) is 2. The molecule has 4 heteroatoms. The van der Waals surface area contributed by atoms with Crippen LogP contribution in [-0.2, 0) is 4.74 Å². The summed E-state index contributed by atoms with van der Waals surface area (Å²) in [5.41, 5.74) is 0. The summed E-state index contributed by atoms with van der Waals surface area (Å²) in [6, 6.07) is 0. The first-order valence-electron chi connectivity index (χ1n) is 4.39. The molecule has 1 fully saturated rings. The maximum Gasteiger partial charge on any atom is 0.345 e. The summed E-state index contributed by atoms with van der Waals surface area (Å²) in [7, 11) is 0. The third-order valence-electron chi connectivity index (χ3n) is 2.15. The van der Waals surface area contributed by atoms with E-state index in [0.717, 1.165) is 32.4 Å². The lowest BCUT2D eigenvalue weighted by molar-refractivity contribution is -0.138. The Kier molecular flexibility index (Phi) is 4.46. The average molecular weight is 179 g/mol. The summed E-state index contributed by atoms with van der Waals surface area (Å²) >= 11 is 0. The van der Waals surface area contributed by atoms with Gasteiger partial charge in [-0.05, 0) is 38.3 Å². The van der Waals surface area contributed by atoms with Crippen LogP contribution in [0.1, 0.15) is 19.3 Å². The van der Waals surface area contributed by atoms with Crippen LogP contribution >= 0.6 is 0 Å². The summed E-state index contributed by atoms with van der Waals surface area (Å²) in [6.45, 7) is -0.469. The lowest BCUT2D eigenvalue weighted by atomic mass is 10.0. The van der Waals surface area contributed by atoms with Crippen molar-refractivity contribution < 1.29 is 13.5 Å². The number of halogens is 2. The van der Waals surface area contributed by atoms with Crippen LogP contribution in [0.3, 0.4) is 0 Å². The minimum Gasteiger partial charge on any atom is -0.323 e. The lowest BCUT2D eigenvalue weighted by Crippen LogP contribution is -2.16. The Labute approximate surface area is 71.3 Å². The minimum atomic E-state index is -2.61. The molecule has 1 aliphatic rings. The van der Waals surface area contributed by atoms with Gasteiger partial charge in [0.2, 0.25) is 0 Å². The Morgan fingerprint density at radius 1 is 1.33 bits per heavy atom. The van der Waals surface area contributed by atoms with E-state index in [-0.39, 0.29) is 6.61 Å². The van der Waals surface area contributed by atoms with Gasteiger partial charge in [-0.1, -0.05) is 0 Å². The van der Waals surface area contributed by atoms with Gasteiger partial charge in [-0.2, -0.15) is 8.78 Å². The van der Waals surface area contributed by atoms with Crippen LogP contribution in [0.25, 0.3) is 0 Å². The number of nitrogens with one attached hydrogen (secondary N) is 1. The summed E-state index contributed by atoms with van der Waals surface area (Å²) in [5.74, 6) is 0.314. The normalized spacial score (nSPS) is 25.8. The van der Waals surface area contributed by atoms with Gasteiger partial charge in [-0.15, -0.1) is 0 Å². The Morgan fingerprint density at radius 2 is 2.17 bits per heavy atom. The molecule has 1 N–H and O–H groups in total. The molecule has 1 aliphatic heterocycles. The number of ether oxygens (including phenoxy) is 1. The van der Waals surface area contributed by atoms with E-state index >= 15 is 0 Å². The van der Waals surface area contributed by atoms with Crippen molar-refractivity contribution in [1.82, 2.24) is 5.32 Å². The van der Waals surface area contributed by atoms with E-state index in [4.69, 9.17) is 0 Å². The van der Waals surface area contributed by atoms with E-state index in [1.165, 1.54) is 0 Å². The van der Waals surface area contributed by atoms with E-state index in [0.29, 0.717) is 5.92 Å². The fraction of sp³-hybridized carbons (Fsp3) is 1.00. The van der Waals surface area contributed by atoms with E-state index in [1.807, 2.05) is 0 Å². The van der Waals surface area contributed by atoms with Crippen molar-refractivity contribution in [2.75, 3.05) is 19.7 Å². The van der Waals surface area contributed by atoms with Crippen molar-refractivity contribution in [2.24, 2.45) is 5.92 Å². The summed E-state index contributed by atoms with van der Waals surface area (Å²) in [4.78, 5) is 0. The van der Waals surface area contributed by atoms with Crippen molar-refractivity contribution in [3.8, 4) is 0 Å². The quantitative estimate of drug-likeness (QED) is 0.710. The third kappa shape index (κ3) is 3.97. The molecule has 0 spiro atoms. The van der Waals surface area contributed by atoms with Crippen molar-refractivity contribution in [3.05, 3.63) is 0 Å². The Bertz CT molecular complexity index is 114. The van der Waals surface area contributed by atoms with Gasteiger partial charge in [0.25, 0.3) is 0 Å². The average Bonchev–Trinajstić information content (AvgIpc) is 2.28. The molecule has 1 heterocycles. The molecule has 1 rings (SSSR count). The summed E-state index contributed by atoms with van der Waals surface area (Å²) in [6.07, 6.45) is 3.02. The summed E-state index contributed by atoms with van der Waals surface area (Å²) < 4.78 is 27.6. The van der Waals surface area contributed by atoms with Crippen LogP contribution < -0.4 is 5.32 Å². The largest absolute Gasteiger partial charge is 0.345 e. The monoisotopic (exact) mass is 179 g/mol. The van der Waals surface area contributed by atoms with Crippen LogP contribution in [0.2, 0.25) is 0 Å². The standard InChI is InChI=1S/C8H15F2NO/c9-8(10)12-6-7-2-1-4-11-5-3-7/h7-8,11H,1-6H2/t7-/m1/s1. The second-order valence-electron chi connectivity index (χ2n) is 3.14. The van der Waals surface area contributed by atoms with Gasteiger partial charge >= 0.3 is 6.61 Å². The zero-order chi connectivity index (χ0) is 8.81. The molecule has 12 heavy (non-hydrogen) atoms. The molecule has 0 amide bonds. The predicted molar refractivity (Wildman–Crippen MR) is 42.2 cm³/mol. The van der Waals surface area contributed by atoms with E-state index in [2.05, 4.69) is 10.1 Å². The highest BCUT2D eigenvalue weighted by Gasteiger charge is 2.13. The highest BCUT2D eigenvalue weighted by atomic mass is 19.3.